The highest BCUT2D eigenvalue weighted by atomic mass is 35.5. The molecule has 0 radical (unpaired) electrons. The molecule has 2 rings (SSSR count). The molecular weight excluding hydrogens is 254 g/mol. The van der Waals surface area contributed by atoms with Crippen LogP contribution in [0.4, 0.5) is 10.7 Å². The van der Waals surface area contributed by atoms with Crippen molar-refractivity contribution in [2.75, 3.05) is 4.90 Å². The van der Waals surface area contributed by atoms with Crippen LogP contribution in [-0.2, 0) is 4.79 Å². The number of hydrogen-bond donors (Lipinski definition) is 0. The minimum atomic E-state index is -0.0193. The average Bonchev–Trinajstić information content (AvgIpc) is 2.60. The summed E-state index contributed by atoms with van der Waals surface area (Å²) in [7, 11) is 0. The smallest absolute Gasteiger partial charge is 0.229 e. The van der Waals surface area contributed by atoms with Crippen molar-refractivity contribution in [1.82, 2.24) is 0 Å². The van der Waals surface area contributed by atoms with Gasteiger partial charge in [-0.1, -0.05) is 29.8 Å². The summed E-state index contributed by atoms with van der Waals surface area (Å²) < 4.78 is 0.724. The second-order valence-corrected chi connectivity index (χ2v) is 5.36. The molecule has 0 spiro atoms. The number of para-hydroxylation sites is 1. The number of carbonyl (C=O) groups excluding carboxylic acids is 1. The summed E-state index contributed by atoms with van der Waals surface area (Å²) in [5.74, 6) is -0.0193. The Kier molecular flexibility index (Phi) is 3.50. The van der Waals surface area contributed by atoms with E-state index in [-0.39, 0.29) is 5.91 Å². The van der Waals surface area contributed by atoms with Crippen LogP contribution in [-0.4, -0.2) is 5.91 Å². The standard InChI is InChI=1S/C13H12ClNOS/c1-9-8-12(17-13(9)14)15(10(2)16)11-6-4-3-5-7-11/h3-8H,1-2H3. The molecule has 17 heavy (non-hydrogen) atoms. The van der Waals surface area contributed by atoms with Crippen LogP contribution in [0, 0.1) is 6.92 Å². The Balaban J connectivity index is 2.47. The van der Waals surface area contributed by atoms with E-state index in [0.29, 0.717) is 0 Å². The Morgan fingerprint density at radius 1 is 1.29 bits per heavy atom. The molecule has 0 aliphatic carbocycles. The molecule has 0 aliphatic rings. The zero-order valence-corrected chi connectivity index (χ0v) is 11.2. The fourth-order valence-electron chi connectivity index (χ4n) is 1.60. The number of aryl methyl sites for hydroxylation is 1. The normalized spacial score (nSPS) is 10.3. The number of benzene rings is 1. The van der Waals surface area contributed by atoms with Crippen LogP contribution in [0.25, 0.3) is 0 Å². The van der Waals surface area contributed by atoms with Gasteiger partial charge >= 0.3 is 0 Å². The molecule has 1 aromatic heterocycles. The Morgan fingerprint density at radius 3 is 2.41 bits per heavy atom. The monoisotopic (exact) mass is 265 g/mol. The van der Waals surface area contributed by atoms with E-state index in [4.69, 9.17) is 11.6 Å². The molecule has 0 saturated carbocycles. The molecule has 0 aliphatic heterocycles. The van der Waals surface area contributed by atoms with Gasteiger partial charge in [0, 0.05) is 12.6 Å². The first-order chi connectivity index (χ1) is 8.09. The fraction of sp³-hybridized carbons (Fsp3) is 0.154. The van der Waals surface area contributed by atoms with Gasteiger partial charge in [-0.05, 0) is 30.7 Å². The maximum atomic E-state index is 11.8. The summed E-state index contributed by atoms with van der Waals surface area (Å²) in [6.45, 7) is 3.49. The second-order valence-electron chi connectivity index (χ2n) is 3.73. The topological polar surface area (TPSA) is 20.3 Å². The highest BCUT2D eigenvalue weighted by Crippen LogP contribution is 2.37. The van der Waals surface area contributed by atoms with Crippen molar-refractivity contribution < 1.29 is 4.79 Å². The van der Waals surface area contributed by atoms with Gasteiger partial charge in [-0.15, -0.1) is 11.3 Å². The van der Waals surface area contributed by atoms with Crippen molar-refractivity contribution in [3.05, 3.63) is 46.3 Å². The van der Waals surface area contributed by atoms with Crippen molar-refractivity contribution in [3.8, 4) is 0 Å². The molecule has 0 fully saturated rings. The lowest BCUT2D eigenvalue weighted by atomic mass is 10.3. The Labute approximate surface area is 109 Å². The van der Waals surface area contributed by atoms with Gasteiger partial charge in [0.15, 0.2) is 0 Å². The number of halogens is 1. The van der Waals surface area contributed by atoms with Crippen molar-refractivity contribution in [2.24, 2.45) is 0 Å². The predicted molar refractivity (Wildman–Crippen MR) is 73.3 cm³/mol. The lowest BCUT2D eigenvalue weighted by Gasteiger charge is -2.18. The molecule has 1 heterocycles. The van der Waals surface area contributed by atoms with E-state index in [1.54, 1.807) is 11.8 Å². The minimum absolute atomic E-state index is 0.0193. The quantitative estimate of drug-likeness (QED) is 0.788. The lowest BCUT2D eigenvalue weighted by Crippen LogP contribution is -2.21. The number of nitrogens with zero attached hydrogens (tertiary/aromatic N) is 1. The first kappa shape index (κ1) is 12.1. The molecule has 0 unspecified atom stereocenters. The third kappa shape index (κ3) is 2.51. The van der Waals surface area contributed by atoms with Crippen molar-refractivity contribution in [3.63, 3.8) is 0 Å². The minimum Gasteiger partial charge on any atom is -0.274 e. The molecule has 0 saturated heterocycles. The van der Waals surface area contributed by atoms with Gasteiger partial charge in [0.1, 0.15) is 5.00 Å². The maximum absolute atomic E-state index is 11.8. The number of rotatable bonds is 2. The first-order valence-corrected chi connectivity index (χ1v) is 6.40. The summed E-state index contributed by atoms with van der Waals surface area (Å²) in [6, 6.07) is 11.5. The van der Waals surface area contributed by atoms with Gasteiger partial charge in [-0.25, -0.2) is 0 Å². The molecule has 2 nitrogen and oxygen atoms in total. The van der Waals surface area contributed by atoms with Gasteiger partial charge in [0.05, 0.1) is 4.34 Å². The number of hydrogen-bond acceptors (Lipinski definition) is 2. The molecule has 0 atom stereocenters. The fourth-order valence-corrected chi connectivity index (χ4v) is 2.85. The summed E-state index contributed by atoms with van der Waals surface area (Å²) in [6.07, 6.45) is 0. The molecule has 1 amide bonds. The zero-order chi connectivity index (χ0) is 12.4. The van der Waals surface area contributed by atoms with Crippen LogP contribution in [0.5, 0.6) is 0 Å². The van der Waals surface area contributed by atoms with Gasteiger partial charge in [0.2, 0.25) is 5.91 Å². The first-order valence-electron chi connectivity index (χ1n) is 5.21. The van der Waals surface area contributed by atoms with Crippen LogP contribution < -0.4 is 4.90 Å². The van der Waals surface area contributed by atoms with E-state index in [1.165, 1.54) is 11.3 Å². The van der Waals surface area contributed by atoms with E-state index in [0.717, 1.165) is 20.6 Å². The third-order valence-corrected chi connectivity index (χ3v) is 3.93. The van der Waals surface area contributed by atoms with Gasteiger partial charge in [-0.2, -0.15) is 0 Å². The molecule has 1 aromatic carbocycles. The van der Waals surface area contributed by atoms with Gasteiger partial charge in [0.25, 0.3) is 0 Å². The number of thiophene rings is 1. The highest BCUT2D eigenvalue weighted by molar-refractivity contribution is 7.20. The van der Waals surface area contributed by atoms with Crippen LogP contribution in [0.1, 0.15) is 12.5 Å². The highest BCUT2D eigenvalue weighted by Gasteiger charge is 2.16. The van der Waals surface area contributed by atoms with E-state index in [1.807, 2.05) is 43.3 Å². The average molecular weight is 266 g/mol. The third-order valence-electron chi connectivity index (χ3n) is 2.39. The number of amides is 1. The zero-order valence-electron chi connectivity index (χ0n) is 9.61. The Morgan fingerprint density at radius 2 is 1.94 bits per heavy atom. The van der Waals surface area contributed by atoms with Crippen molar-refractivity contribution in [2.45, 2.75) is 13.8 Å². The van der Waals surface area contributed by atoms with Crippen molar-refractivity contribution in [1.29, 1.82) is 0 Å². The summed E-state index contributed by atoms with van der Waals surface area (Å²) in [5.41, 5.74) is 1.85. The molecule has 2 aromatic rings. The van der Waals surface area contributed by atoms with E-state index in [2.05, 4.69) is 0 Å². The van der Waals surface area contributed by atoms with Gasteiger partial charge < -0.3 is 0 Å². The van der Waals surface area contributed by atoms with E-state index < -0.39 is 0 Å². The Hall–Kier alpha value is -1.32. The largest absolute Gasteiger partial charge is 0.274 e. The molecule has 0 N–H and O–H groups in total. The summed E-state index contributed by atoms with van der Waals surface area (Å²) in [4.78, 5) is 13.4. The molecule has 88 valence electrons. The Bertz CT molecular complexity index is 516. The van der Waals surface area contributed by atoms with Crippen LogP contribution in [0.15, 0.2) is 36.4 Å². The number of anilines is 2. The second kappa shape index (κ2) is 4.90. The number of carbonyl (C=O) groups is 1. The van der Waals surface area contributed by atoms with Gasteiger partial charge in [-0.3, -0.25) is 9.69 Å². The molecule has 0 bridgehead atoms. The lowest BCUT2D eigenvalue weighted by molar-refractivity contribution is -0.115. The van der Waals surface area contributed by atoms with Crippen LogP contribution in [0.2, 0.25) is 4.34 Å². The maximum Gasteiger partial charge on any atom is 0.229 e. The van der Waals surface area contributed by atoms with E-state index in [9.17, 15) is 4.79 Å². The molecule has 4 heteroatoms. The van der Waals surface area contributed by atoms with Crippen LogP contribution in [0.3, 0.4) is 0 Å². The predicted octanol–water partition coefficient (Wildman–Crippen LogP) is 4.39. The summed E-state index contributed by atoms with van der Waals surface area (Å²) in [5, 5.41) is 0.853. The SMILES string of the molecule is CC(=O)N(c1ccccc1)c1cc(C)c(Cl)s1. The van der Waals surface area contributed by atoms with Crippen LogP contribution >= 0.6 is 22.9 Å². The van der Waals surface area contributed by atoms with Crippen molar-refractivity contribution >= 4 is 39.5 Å². The molecular formula is C13H12ClNOS. The van der Waals surface area contributed by atoms with E-state index >= 15 is 0 Å². The summed E-state index contributed by atoms with van der Waals surface area (Å²) >= 11 is 7.46.